The Morgan fingerprint density at radius 1 is 1.19 bits per heavy atom. The largest absolute Gasteiger partial charge is 0.494 e. The Balaban J connectivity index is 1.38. The summed E-state index contributed by atoms with van der Waals surface area (Å²) in [5.41, 5.74) is 0.820. The molecule has 1 N–H and O–H groups in total. The van der Waals surface area contributed by atoms with Crippen LogP contribution >= 0.6 is 11.3 Å². The SMILES string of the molecule is CCCOc1ccc(Oc2ncccc2CNC(=O)C2CCCN2c2nccs2)cc1. The molecule has 31 heavy (non-hydrogen) atoms. The fraction of sp³-hybridized carbons (Fsp3) is 0.348. The van der Waals surface area contributed by atoms with Crippen molar-refractivity contribution in [3.63, 3.8) is 0 Å². The summed E-state index contributed by atoms with van der Waals surface area (Å²) in [5.74, 6) is 1.96. The van der Waals surface area contributed by atoms with E-state index in [1.807, 2.05) is 41.8 Å². The normalized spacial score (nSPS) is 15.6. The number of anilines is 1. The molecule has 3 heterocycles. The molecular weight excluding hydrogens is 412 g/mol. The minimum absolute atomic E-state index is 0.0000658. The Morgan fingerprint density at radius 3 is 2.81 bits per heavy atom. The van der Waals surface area contributed by atoms with Crippen LogP contribution in [0.2, 0.25) is 0 Å². The standard InChI is InChI=1S/C23H26N4O3S/c1-2-14-29-18-7-9-19(10-8-18)30-22-17(5-3-11-24-22)16-26-21(28)20-6-4-13-27(20)23-25-12-15-31-23/h3,5,7-12,15,20H,2,4,6,13-14,16H2,1H3,(H,26,28). The van der Waals surface area contributed by atoms with Gasteiger partial charge in [-0.15, -0.1) is 11.3 Å². The number of ether oxygens (including phenoxy) is 2. The van der Waals surface area contributed by atoms with Crippen molar-refractivity contribution in [2.45, 2.75) is 38.8 Å². The summed E-state index contributed by atoms with van der Waals surface area (Å²) in [6.45, 7) is 3.96. The molecule has 8 heteroatoms. The summed E-state index contributed by atoms with van der Waals surface area (Å²) in [6.07, 6.45) is 6.23. The maximum atomic E-state index is 12.9. The van der Waals surface area contributed by atoms with Crippen molar-refractivity contribution in [3.8, 4) is 17.4 Å². The third-order valence-electron chi connectivity index (χ3n) is 5.03. The molecule has 1 amide bonds. The number of aromatic nitrogens is 2. The Hall–Kier alpha value is -3.13. The molecule has 0 aliphatic carbocycles. The van der Waals surface area contributed by atoms with Gasteiger partial charge in [-0.2, -0.15) is 0 Å². The fourth-order valence-corrected chi connectivity index (χ4v) is 4.23. The van der Waals surface area contributed by atoms with E-state index >= 15 is 0 Å². The molecule has 1 aromatic carbocycles. The molecule has 4 rings (SSSR count). The van der Waals surface area contributed by atoms with Gasteiger partial charge in [0, 0.05) is 36.4 Å². The van der Waals surface area contributed by atoms with Crippen LogP contribution in [0.5, 0.6) is 17.4 Å². The fourth-order valence-electron chi connectivity index (χ4n) is 3.51. The number of nitrogens with zero attached hydrogens (tertiary/aromatic N) is 3. The van der Waals surface area contributed by atoms with E-state index in [-0.39, 0.29) is 11.9 Å². The van der Waals surface area contributed by atoms with E-state index in [1.165, 1.54) is 0 Å². The minimum Gasteiger partial charge on any atom is -0.494 e. The lowest BCUT2D eigenvalue weighted by molar-refractivity contribution is -0.122. The van der Waals surface area contributed by atoms with Crippen molar-refractivity contribution in [2.75, 3.05) is 18.1 Å². The molecule has 1 aliphatic rings. The highest BCUT2D eigenvalue weighted by molar-refractivity contribution is 7.13. The minimum atomic E-state index is -0.192. The van der Waals surface area contributed by atoms with Crippen LogP contribution in [0.25, 0.3) is 0 Å². The van der Waals surface area contributed by atoms with Gasteiger partial charge in [0.15, 0.2) is 5.13 Å². The maximum Gasteiger partial charge on any atom is 0.243 e. The molecule has 0 radical (unpaired) electrons. The van der Waals surface area contributed by atoms with E-state index in [0.29, 0.717) is 24.8 Å². The quantitative estimate of drug-likeness (QED) is 0.533. The first-order chi connectivity index (χ1) is 15.2. The van der Waals surface area contributed by atoms with Gasteiger partial charge in [-0.25, -0.2) is 9.97 Å². The molecule has 0 spiro atoms. The third-order valence-corrected chi connectivity index (χ3v) is 5.84. The van der Waals surface area contributed by atoms with Gasteiger partial charge in [0.1, 0.15) is 17.5 Å². The average molecular weight is 439 g/mol. The number of carbonyl (C=O) groups excluding carboxylic acids is 1. The number of thiazole rings is 1. The van der Waals surface area contributed by atoms with Crippen LogP contribution in [0.3, 0.4) is 0 Å². The second-order valence-corrected chi connectivity index (χ2v) is 8.15. The number of carbonyl (C=O) groups is 1. The third kappa shape index (κ3) is 5.32. The number of pyridine rings is 1. The van der Waals surface area contributed by atoms with Crippen LogP contribution in [-0.4, -0.2) is 35.1 Å². The van der Waals surface area contributed by atoms with E-state index < -0.39 is 0 Å². The highest BCUT2D eigenvalue weighted by Crippen LogP contribution is 2.28. The number of rotatable bonds is 9. The van der Waals surface area contributed by atoms with Crippen LogP contribution in [-0.2, 0) is 11.3 Å². The summed E-state index contributed by atoms with van der Waals surface area (Å²) in [6, 6.07) is 11.0. The molecule has 0 saturated carbocycles. The van der Waals surface area contributed by atoms with Crippen LogP contribution in [0.15, 0.2) is 54.2 Å². The number of hydrogen-bond acceptors (Lipinski definition) is 7. The predicted molar refractivity (Wildman–Crippen MR) is 121 cm³/mol. The smallest absolute Gasteiger partial charge is 0.243 e. The van der Waals surface area contributed by atoms with Gasteiger partial charge in [-0.1, -0.05) is 13.0 Å². The van der Waals surface area contributed by atoms with Gasteiger partial charge < -0.3 is 19.7 Å². The lowest BCUT2D eigenvalue weighted by Gasteiger charge is -2.23. The Labute approximate surface area is 186 Å². The van der Waals surface area contributed by atoms with E-state index in [1.54, 1.807) is 23.7 Å². The molecule has 1 atom stereocenters. The van der Waals surface area contributed by atoms with Gasteiger partial charge in [0.2, 0.25) is 11.8 Å². The van der Waals surface area contributed by atoms with Gasteiger partial charge in [0.05, 0.1) is 6.61 Å². The molecule has 3 aromatic rings. The van der Waals surface area contributed by atoms with Crippen molar-refractivity contribution >= 4 is 22.4 Å². The number of hydrogen-bond donors (Lipinski definition) is 1. The molecule has 1 unspecified atom stereocenters. The zero-order chi connectivity index (χ0) is 21.5. The maximum absolute atomic E-state index is 12.9. The van der Waals surface area contributed by atoms with E-state index in [4.69, 9.17) is 9.47 Å². The van der Waals surface area contributed by atoms with Gasteiger partial charge in [-0.05, 0) is 49.6 Å². The second-order valence-electron chi connectivity index (χ2n) is 7.27. The highest BCUT2D eigenvalue weighted by atomic mass is 32.1. The number of amides is 1. The Kier molecular flexibility index (Phi) is 6.99. The molecular formula is C23H26N4O3S. The topological polar surface area (TPSA) is 76.6 Å². The van der Waals surface area contributed by atoms with Gasteiger partial charge in [0.25, 0.3) is 0 Å². The molecule has 7 nitrogen and oxygen atoms in total. The van der Waals surface area contributed by atoms with Gasteiger partial charge >= 0.3 is 0 Å². The van der Waals surface area contributed by atoms with E-state index in [9.17, 15) is 4.79 Å². The van der Waals surface area contributed by atoms with E-state index in [0.717, 1.165) is 42.3 Å². The van der Waals surface area contributed by atoms with Crippen molar-refractivity contribution in [2.24, 2.45) is 0 Å². The second kappa shape index (κ2) is 10.3. The highest BCUT2D eigenvalue weighted by Gasteiger charge is 2.32. The summed E-state index contributed by atoms with van der Waals surface area (Å²) in [5, 5.41) is 5.88. The average Bonchev–Trinajstić information content (AvgIpc) is 3.49. The molecule has 162 valence electrons. The van der Waals surface area contributed by atoms with Crippen LogP contribution < -0.4 is 19.7 Å². The Morgan fingerprint density at radius 2 is 2.03 bits per heavy atom. The van der Waals surface area contributed by atoms with Crippen molar-refractivity contribution in [1.82, 2.24) is 15.3 Å². The van der Waals surface area contributed by atoms with Gasteiger partial charge in [-0.3, -0.25) is 4.79 Å². The monoisotopic (exact) mass is 438 g/mol. The van der Waals surface area contributed by atoms with Crippen LogP contribution in [0.1, 0.15) is 31.7 Å². The molecule has 2 aromatic heterocycles. The summed E-state index contributed by atoms with van der Waals surface area (Å²) >= 11 is 1.56. The zero-order valence-corrected chi connectivity index (χ0v) is 18.3. The van der Waals surface area contributed by atoms with Crippen molar-refractivity contribution < 1.29 is 14.3 Å². The lowest BCUT2D eigenvalue weighted by Crippen LogP contribution is -2.43. The zero-order valence-electron chi connectivity index (χ0n) is 17.5. The lowest BCUT2D eigenvalue weighted by atomic mass is 10.2. The van der Waals surface area contributed by atoms with Crippen molar-refractivity contribution in [3.05, 3.63) is 59.7 Å². The Bertz CT molecular complexity index is 979. The first-order valence-electron chi connectivity index (χ1n) is 10.5. The molecule has 1 fully saturated rings. The number of benzene rings is 1. The van der Waals surface area contributed by atoms with Crippen LogP contribution in [0.4, 0.5) is 5.13 Å². The molecule has 0 bridgehead atoms. The van der Waals surface area contributed by atoms with Crippen molar-refractivity contribution in [1.29, 1.82) is 0 Å². The summed E-state index contributed by atoms with van der Waals surface area (Å²) in [4.78, 5) is 23.7. The predicted octanol–water partition coefficient (Wildman–Crippen LogP) is 4.40. The first-order valence-corrected chi connectivity index (χ1v) is 11.4. The summed E-state index contributed by atoms with van der Waals surface area (Å²) in [7, 11) is 0. The molecule has 1 aliphatic heterocycles. The van der Waals surface area contributed by atoms with E-state index in [2.05, 4.69) is 27.1 Å². The molecule has 1 saturated heterocycles. The number of nitrogens with one attached hydrogen (secondary N) is 1. The first kappa shape index (κ1) is 21.1. The summed E-state index contributed by atoms with van der Waals surface area (Å²) < 4.78 is 11.6. The van der Waals surface area contributed by atoms with Crippen LogP contribution in [0, 0.1) is 0 Å².